The van der Waals surface area contributed by atoms with Crippen LogP contribution in [-0.2, 0) is 90.8 Å². The highest BCUT2D eigenvalue weighted by molar-refractivity contribution is 5.86. The quantitative estimate of drug-likeness (QED) is 0.0308. The van der Waals surface area contributed by atoms with Crippen molar-refractivity contribution in [1.29, 1.82) is 0 Å². The Morgan fingerprint density at radius 3 is 1.14 bits per heavy atom. The van der Waals surface area contributed by atoms with E-state index in [1.807, 2.05) is 83.3 Å². The normalized spacial score (nSPS) is 10.5. The third-order valence-corrected chi connectivity index (χ3v) is 11.2. The smallest absolute Gasteiger partial charge is 0.222 e. The summed E-state index contributed by atoms with van der Waals surface area (Å²) in [6.45, 7) is 27.7. The molecular weight excluding hydrogens is 1200 g/mol. The zero-order valence-electron chi connectivity index (χ0n) is 58.4. The molecule has 92 heavy (non-hydrogen) atoms. The number of carbonyl (C=O) groups is 13. The van der Waals surface area contributed by atoms with Crippen molar-refractivity contribution in [2.45, 2.75) is 178 Å². The summed E-state index contributed by atoms with van der Waals surface area (Å²) >= 11 is 0. The Hall–Kier alpha value is -6.21. The van der Waals surface area contributed by atoms with E-state index < -0.39 is 5.54 Å². The molecule has 0 aromatic carbocycles. The summed E-state index contributed by atoms with van der Waals surface area (Å²) in [6, 6.07) is 0. The molecule has 0 bridgehead atoms. The van der Waals surface area contributed by atoms with Crippen LogP contribution in [0.4, 0.5) is 0 Å². The first kappa shape index (κ1) is 102. The van der Waals surface area contributed by atoms with Gasteiger partial charge >= 0.3 is 0 Å². The van der Waals surface area contributed by atoms with Crippen LogP contribution in [0.25, 0.3) is 0 Å². The summed E-state index contributed by atoms with van der Waals surface area (Å²) in [5, 5.41) is 20.0. The van der Waals surface area contributed by atoms with Gasteiger partial charge in [0.15, 0.2) is 0 Å². The van der Waals surface area contributed by atoms with Crippen LogP contribution in [0.5, 0.6) is 0 Å². The van der Waals surface area contributed by atoms with Gasteiger partial charge in [0.1, 0.15) is 35.5 Å². The van der Waals surface area contributed by atoms with Crippen LogP contribution >= 0.6 is 0 Å². The van der Waals surface area contributed by atoms with Gasteiger partial charge in [-0.3, -0.25) is 52.7 Å². The van der Waals surface area contributed by atoms with E-state index in [0.717, 1.165) is 51.3 Å². The number of nitrogens with two attached hydrogens (primary N) is 3. The van der Waals surface area contributed by atoms with E-state index in [1.165, 1.54) is 6.92 Å². The van der Waals surface area contributed by atoms with Gasteiger partial charge < -0.3 is 92.4 Å². The zero-order chi connectivity index (χ0) is 71.9. The van der Waals surface area contributed by atoms with Crippen molar-refractivity contribution in [2.24, 2.45) is 35.0 Å². The molecule has 0 aliphatic heterocycles. The second kappa shape index (κ2) is 84.8. The number of primary amides is 3. The lowest BCUT2D eigenvalue weighted by molar-refractivity contribution is -0.127. The molecule has 29 heteroatoms. The average Bonchev–Trinajstić information content (AvgIpc) is 1.25. The van der Waals surface area contributed by atoms with E-state index in [1.54, 1.807) is 0 Å². The van der Waals surface area contributed by atoms with Gasteiger partial charge in [0.05, 0.1) is 59.5 Å². The van der Waals surface area contributed by atoms with E-state index in [0.29, 0.717) is 123 Å². The van der Waals surface area contributed by atoms with Crippen LogP contribution in [0.15, 0.2) is 0 Å². The van der Waals surface area contributed by atoms with Crippen LogP contribution in [0.2, 0.25) is 0 Å². The number of nitrogens with one attached hydrogen (secondary N) is 7. The van der Waals surface area contributed by atoms with Crippen molar-refractivity contribution < 1.29 is 90.8 Å². The van der Waals surface area contributed by atoms with Gasteiger partial charge in [-0.15, -0.1) is 0 Å². The second-order valence-electron chi connectivity index (χ2n) is 20.1. The van der Waals surface area contributed by atoms with Crippen LogP contribution in [0.1, 0.15) is 172 Å². The third-order valence-electron chi connectivity index (χ3n) is 11.2. The molecule has 8 amide bonds. The van der Waals surface area contributed by atoms with Gasteiger partial charge in [0.2, 0.25) is 48.8 Å². The Morgan fingerprint density at radius 1 is 0.370 bits per heavy atom. The molecule has 0 aliphatic carbocycles. The minimum atomic E-state index is -1.03. The molecule has 0 saturated carbocycles. The molecule has 0 rings (SSSR count). The lowest BCUT2D eigenvalue weighted by atomic mass is 10.0. The maximum Gasteiger partial charge on any atom is 0.222 e. The van der Waals surface area contributed by atoms with Crippen LogP contribution in [-0.4, -0.2) is 217 Å². The Balaban J connectivity index is -0.000000231. The van der Waals surface area contributed by atoms with Gasteiger partial charge in [0, 0.05) is 142 Å². The molecule has 0 aromatic heterocycles. The fourth-order valence-corrected chi connectivity index (χ4v) is 6.38. The Bertz CT molecular complexity index is 1770. The molecule has 29 nitrogen and oxygen atoms in total. The molecule has 0 saturated heterocycles. The maximum atomic E-state index is 12.3. The minimum Gasteiger partial charge on any atom is -0.381 e. The number of rotatable bonds is 52. The lowest BCUT2D eigenvalue weighted by Gasteiger charge is -2.34. The molecule has 0 fully saturated rings. The molecule has 13 N–H and O–H groups in total. The second-order valence-corrected chi connectivity index (χ2v) is 20.1. The number of ketones is 3. The summed E-state index contributed by atoms with van der Waals surface area (Å²) in [5.41, 5.74) is 11.5. The number of hydrogen-bond acceptors (Lipinski definition) is 21. The van der Waals surface area contributed by atoms with Gasteiger partial charge in [0.25, 0.3) is 0 Å². The molecule has 1 atom stereocenters. The average molecular weight is 1330 g/mol. The number of Topliss-reactive ketones (excluding diaryl/α,β-unsaturated/α-hetero) is 3. The van der Waals surface area contributed by atoms with E-state index >= 15 is 0 Å². The fourth-order valence-electron chi connectivity index (χ4n) is 6.38. The number of ether oxygens (including phenoxy) is 6. The third kappa shape index (κ3) is 90.2. The first-order valence-electron chi connectivity index (χ1n) is 32.1. The lowest BCUT2D eigenvalue weighted by Crippen LogP contribution is -2.58. The predicted molar refractivity (Wildman–Crippen MR) is 356 cm³/mol. The van der Waals surface area contributed by atoms with E-state index in [-0.39, 0.29) is 137 Å². The Kier molecular flexibility index (Phi) is 93.9. The number of amides is 8. The van der Waals surface area contributed by atoms with Gasteiger partial charge in [-0.2, -0.15) is 0 Å². The van der Waals surface area contributed by atoms with Crippen molar-refractivity contribution in [1.82, 2.24) is 37.2 Å². The highest BCUT2D eigenvalue weighted by Crippen LogP contribution is 2.11. The van der Waals surface area contributed by atoms with Gasteiger partial charge in [-0.25, -0.2) is 0 Å². The van der Waals surface area contributed by atoms with E-state index in [9.17, 15) is 47.9 Å². The Morgan fingerprint density at radius 2 is 0.707 bits per heavy atom. The summed E-state index contributed by atoms with van der Waals surface area (Å²) in [5.74, 6) is -0.0191. The van der Waals surface area contributed by atoms with Crippen molar-refractivity contribution in [2.75, 3.05) is 133 Å². The molecule has 0 spiro atoms. The van der Waals surface area contributed by atoms with Crippen LogP contribution in [0.3, 0.4) is 0 Å². The monoisotopic (exact) mass is 1330 g/mol. The topological polar surface area (TPSA) is 440 Å². The van der Waals surface area contributed by atoms with E-state index in [4.69, 9.17) is 42.8 Å². The number of hydrogen-bond donors (Lipinski definition) is 10. The molecule has 542 valence electrons. The molecule has 0 aromatic rings. The maximum absolute atomic E-state index is 12.3. The first-order chi connectivity index (χ1) is 44.0. The van der Waals surface area contributed by atoms with Crippen LogP contribution < -0.4 is 54.4 Å². The summed E-state index contributed by atoms with van der Waals surface area (Å²) in [7, 11) is 3.68. The van der Waals surface area contributed by atoms with Gasteiger partial charge in [-0.1, -0.05) is 69.2 Å². The first-order valence-corrected chi connectivity index (χ1v) is 32.1. The molecule has 0 radical (unpaired) electrons. The SMILES string of the molecule is CC.CC.CC(C)C(=O)CCC=O.CNCCNC(=O)CCOCCCCC(=O)C(C)C.CNCCOCCC(=O)NCCCCOCC(COCCC=O)(COCCC(=O)NCCCCOCCNC(=O)CCC(=O)C(C)C)NC(C)=O.NC=O.NC=O.NC=O. The Labute approximate surface area is 550 Å². The van der Waals surface area contributed by atoms with Crippen molar-refractivity contribution in [3.63, 3.8) is 0 Å². The largest absolute Gasteiger partial charge is 0.381 e. The van der Waals surface area contributed by atoms with E-state index in [2.05, 4.69) is 54.4 Å². The zero-order valence-corrected chi connectivity index (χ0v) is 58.4. The number of carbonyl (C=O) groups excluding carboxylic acids is 13. The number of unbranched alkanes of at least 4 members (excludes halogenated alkanes) is 3. The molecule has 1 unspecified atom stereocenters. The molecule has 0 aliphatic rings. The summed E-state index contributed by atoms with van der Waals surface area (Å²) < 4.78 is 33.6. The van der Waals surface area contributed by atoms with Crippen LogP contribution in [0, 0.1) is 17.8 Å². The summed E-state index contributed by atoms with van der Waals surface area (Å²) in [4.78, 5) is 139. The minimum absolute atomic E-state index is 0.0187. The van der Waals surface area contributed by atoms with Gasteiger partial charge in [-0.05, 0) is 52.6 Å². The highest BCUT2D eigenvalue weighted by atomic mass is 16.5. The number of aldehydes is 2. The standard InChI is InChI=1S/C35H65N5O11.C14H28N2O3.C7H12O2.2C2H6.3CH3NO/c1-29(2)31(43)10-11-32(44)39-17-25-47-19-7-5-14-38-34(46)13-23-51-28-35(40-30(3)42,27-50-21-9-18-41)26-49-20-8-6-15-37-33(45)12-22-48-24-16-36-4;1-12(2)13(17)6-4-5-10-19-11-7-14(18)16-9-8-15-3;1-6(2)7(9)4-3-5-8;2*1-2;3*2-1-3/h18,29,36H,5-17,19-28H2,1-4H3,(H,37,45)(H,38,46)(H,39,44)(H,40,42);12,15H,4-11H2,1-3H3,(H,16,18);5-6H,3-4H2,1-2H3;2*1-2H3;3*1H,(H2,2,3). The highest BCUT2D eigenvalue weighted by Gasteiger charge is 2.33. The van der Waals surface area contributed by atoms with Crippen molar-refractivity contribution >= 4 is 78.7 Å². The van der Waals surface area contributed by atoms with Crippen molar-refractivity contribution in [3.8, 4) is 0 Å². The fraction of sp³-hybridized carbons (Fsp3) is 0.794. The number of likely N-dealkylation sites (N-methyl/N-ethyl adjacent to an activating group) is 2. The molecular formula is C63H126N10O19. The molecule has 0 heterocycles. The van der Waals surface area contributed by atoms with Crippen molar-refractivity contribution in [3.05, 3.63) is 0 Å². The summed E-state index contributed by atoms with van der Waals surface area (Å²) in [6.07, 6.45) is 9.71. The predicted octanol–water partition coefficient (Wildman–Crippen LogP) is 2.12.